The van der Waals surface area contributed by atoms with E-state index >= 15 is 0 Å². The van der Waals surface area contributed by atoms with E-state index in [4.69, 9.17) is 16.3 Å². The van der Waals surface area contributed by atoms with Crippen molar-refractivity contribution in [1.29, 1.82) is 0 Å². The second-order valence-electron chi connectivity index (χ2n) is 8.94. The molecule has 1 aromatic carbocycles. The Morgan fingerprint density at radius 2 is 2.03 bits per heavy atom. The lowest BCUT2D eigenvalue weighted by molar-refractivity contribution is -0.144. The van der Waals surface area contributed by atoms with Crippen molar-refractivity contribution in [1.82, 2.24) is 24.4 Å². The number of nitrogens with zero attached hydrogens (tertiary/aromatic N) is 5. The van der Waals surface area contributed by atoms with Gasteiger partial charge in [-0.05, 0) is 32.4 Å². The van der Waals surface area contributed by atoms with Crippen LogP contribution in [-0.2, 0) is 13.1 Å². The number of carbonyl (C=O) groups is 1. The molecule has 35 heavy (non-hydrogen) atoms. The van der Waals surface area contributed by atoms with Gasteiger partial charge in [0.2, 0.25) is 0 Å². The average Bonchev–Trinajstić information content (AvgIpc) is 3.46. The summed E-state index contributed by atoms with van der Waals surface area (Å²) in [5, 5.41) is 5.09. The zero-order chi connectivity index (χ0) is 25.1. The summed E-state index contributed by atoms with van der Waals surface area (Å²) in [6, 6.07) is 3.60. The number of rotatable bonds is 4. The van der Waals surface area contributed by atoms with Gasteiger partial charge in [0.15, 0.2) is 5.65 Å². The molecule has 0 bridgehead atoms. The molecule has 0 saturated carbocycles. The van der Waals surface area contributed by atoms with E-state index in [1.54, 1.807) is 16.3 Å². The lowest BCUT2D eigenvalue weighted by Gasteiger charge is -2.21. The van der Waals surface area contributed by atoms with E-state index in [0.29, 0.717) is 28.5 Å². The summed E-state index contributed by atoms with van der Waals surface area (Å²) in [7, 11) is 0. The normalized spacial score (nSPS) is 18.5. The van der Waals surface area contributed by atoms with E-state index in [2.05, 4.69) is 10.1 Å². The first-order valence-electron chi connectivity index (χ1n) is 11.1. The first-order valence-corrected chi connectivity index (χ1v) is 11.5. The Labute approximate surface area is 203 Å². The highest BCUT2D eigenvalue weighted by molar-refractivity contribution is 6.31. The molecule has 1 amide bonds. The molecule has 12 heteroatoms. The van der Waals surface area contributed by atoms with Crippen LogP contribution in [0.25, 0.3) is 5.65 Å². The summed E-state index contributed by atoms with van der Waals surface area (Å²) < 4.78 is 59.6. The Hall–Kier alpha value is -2.92. The molecule has 5 rings (SSSR count). The Kier molecular flexibility index (Phi) is 5.87. The number of benzene rings is 1. The Bertz CT molecular complexity index is 1330. The van der Waals surface area contributed by atoms with E-state index in [-0.39, 0.29) is 43.4 Å². The third-order valence-electron chi connectivity index (χ3n) is 6.34. The maximum Gasteiger partial charge on any atom is 0.401 e. The van der Waals surface area contributed by atoms with Gasteiger partial charge in [0, 0.05) is 24.7 Å². The van der Waals surface area contributed by atoms with Gasteiger partial charge < -0.3 is 9.64 Å². The lowest BCUT2D eigenvalue weighted by atomic mass is 10.1. The number of aryl methyl sites for hydroxylation is 2. The molecule has 1 atom stereocenters. The highest BCUT2D eigenvalue weighted by atomic mass is 35.5. The Morgan fingerprint density at radius 3 is 2.77 bits per heavy atom. The summed E-state index contributed by atoms with van der Waals surface area (Å²) in [4.78, 5) is 20.7. The number of hydrogen-bond donors (Lipinski definition) is 0. The molecule has 3 aromatic rings. The summed E-state index contributed by atoms with van der Waals surface area (Å²) in [6.45, 7) is 3.35. The van der Waals surface area contributed by atoms with Gasteiger partial charge in [-0.2, -0.15) is 18.3 Å². The Morgan fingerprint density at radius 1 is 1.26 bits per heavy atom. The molecule has 0 radical (unpaired) electrons. The zero-order valence-corrected chi connectivity index (χ0v) is 19.8. The van der Waals surface area contributed by atoms with Gasteiger partial charge >= 0.3 is 6.18 Å². The molecule has 1 saturated heterocycles. The number of likely N-dealkylation sites (tertiary alicyclic amines) is 1. The van der Waals surface area contributed by atoms with Crippen LogP contribution in [0.3, 0.4) is 0 Å². The number of fused-ring (bicyclic) bond motifs is 3. The molecule has 0 spiro atoms. The van der Waals surface area contributed by atoms with Crippen LogP contribution in [0.15, 0.2) is 18.2 Å². The minimum Gasteiger partial charge on any atom is -0.488 e. The van der Waals surface area contributed by atoms with Crippen molar-refractivity contribution < 1.29 is 27.1 Å². The van der Waals surface area contributed by atoms with Crippen molar-refractivity contribution in [3.8, 4) is 5.75 Å². The minimum atomic E-state index is -4.31. The largest absolute Gasteiger partial charge is 0.488 e. The fourth-order valence-corrected chi connectivity index (χ4v) is 4.79. The first kappa shape index (κ1) is 23.8. The zero-order valence-electron chi connectivity index (χ0n) is 19.0. The molecule has 7 nitrogen and oxygen atoms in total. The predicted octanol–water partition coefficient (Wildman–Crippen LogP) is 4.31. The highest BCUT2D eigenvalue weighted by Gasteiger charge is 2.36. The second kappa shape index (κ2) is 8.63. The fraction of sp³-hybridized carbons (Fsp3) is 0.435. The number of alkyl halides is 3. The highest BCUT2D eigenvalue weighted by Crippen LogP contribution is 2.32. The number of hydrogen-bond acceptors (Lipinski definition) is 5. The van der Waals surface area contributed by atoms with Gasteiger partial charge in [-0.1, -0.05) is 11.6 Å². The standard InChI is InChI=1S/C23H22ClF4N5O2/c1-12-20(24)13(2)33-21(29-12)17-9-32(10-18(17)30-33)22(34)16-4-3-14(25)7-19(16)35-15-5-6-31(8-15)11-23(26,27)28/h3-4,7,15H,5-6,8-11H2,1-2H3. The van der Waals surface area contributed by atoms with Crippen LogP contribution in [-0.4, -0.2) is 62.2 Å². The molecule has 0 aliphatic carbocycles. The van der Waals surface area contributed by atoms with Crippen LogP contribution in [0.2, 0.25) is 5.02 Å². The van der Waals surface area contributed by atoms with Crippen molar-refractivity contribution in [3.63, 3.8) is 0 Å². The summed E-state index contributed by atoms with van der Waals surface area (Å²) in [5.41, 5.74) is 3.69. The number of amides is 1. The van der Waals surface area contributed by atoms with Crippen LogP contribution in [0.4, 0.5) is 17.6 Å². The molecule has 0 N–H and O–H groups in total. The van der Waals surface area contributed by atoms with Gasteiger partial charge in [-0.25, -0.2) is 13.9 Å². The molecule has 2 aliphatic rings. The molecule has 2 aromatic heterocycles. The van der Waals surface area contributed by atoms with Gasteiger partial charge in [0.1, 0.15) is 17.7 Å². The van der Waals surface area contributed by atoms with Crippen LogP contribution < -0.4 is 4.74 Å². The van der Waals surface area contributed by atoms with E-state index in [0.717, 1.165) is 23.4 Å². The Balaban J connectivity index is 1.35. The number of ether oxygens (including phenoxy) is 1. The van der Waals surface area contributed by atoms with Crippen molar-refractivity contribution >= 4 is 23.2 Å². The molecule has 2 aliphatic heterocycles. The molecular formula is C23H22ClF4N5O2. The molecular weight excluding hydrogens is 490 g/mol. The van der Waals surface area contributed by atoms with Crippen LogP contribution in [0.5, 0.6) is 5.75 Å². The average molecular weight is 512 g/mol. The number of carbonyl (C=O) groups excluding carboxylic acids is 1. The van der Waals surface area contributed by atoms with Crippen LogP contribution >= 0.6 is 11.6 Å². The second-order valence-corrected chi connectivity index (χ2v) is 9.32. The third kappa shape index (κ3) is 4.54. The van der Waals surface area contributed by atoms with Crippen molar-refractivity contribution in [2.75, 3.05) is 19.6 Å². The summed E-state index contributed by atoms with van der Waals surface area (Å²) in [6.07, 6.45) is -4.54. The monoisotopic (exact) mass is 511 g/mol. The lowest BCUT2D eigenvalue weighted by Crippen LogP contribution is -2.34. The molecule has 1 fully saturated rings. The van der Waals surface area contributed by atoms with Crippen LogP contribution in [0.1, 0.15) is 39.4 Å². The van der Waals surface area contributed by atoms with Gasteiger partial charge in [-0.15, -0.1) is 0 Å². The topological polar surface area (TPSA) is 63.0 Å². The number of halogens is 5. The maximum atomic E-state index is 14.0. The summed E-state index contributed by atoms with van der Waals surface area (Å²) in [5.74, 6) is -0.968. The smallest absolute Gasteiger partial charge is 0.401 e. The van der Waals surface area contributed by atoms with Crippen molar-refractivity contribution in [2.45, 2.75) is 45.6 Å². The molecule has 4 heterocycles. The molecule has 1 unspecified atom stereocenters. The summed E-state index contributed by atoms with van der Waals surface area (Å²) >= 11 is 6.29. The van der Waals surface area contributed by atoms with E-state index < -0.39 is 24.6 Å². The quantitative estimate of drug-likeness (QED) is 0.489. The van der Waals surface area contributed by atoms with Crippen molar-refractivity contribution in [3.05, 3.63) is 57.2 Å². The van der Waals surface area contributed by atoms with Crippen molar-refractivity contribution in [2.24, 2.45) is 0 Å². The first-order chi connectivity index (χ1) is 16.5. The maximum absolute atomic E-state index is 14.0. The third-order valence-corrected chi connectivity index (χ3v) is 6.89. The predicted molar refractivity (Wildman–Crippen MR) is 119 cm³/mol. The van der Waals surface area contributed by atoms with E-state index in [1.807, 2.05) is 6.92 Å². The minimum absolute atomic E-state index is 0.0178. The molecule has 186 valence electrons. The SMILES string of the molecule is Cc1nc2c3c(nn2c(C)c1Cl)CN(C(=O)c1ccc(F)cc1OC1CCN(CC(F)(F)F)C1)C3. The van der Waals surface area contributed by atoms with E-state index in [9.17, 15) is 22.4 Å². The van der Waals surface area contributed by atoms with Crippen LogP contribution in [0, 0.1) is 19.7 Å². The van der Waals surface area contributed by atoms with Gasteiger partial charge in [0.05, 0.1) is 47.3 Å². The fourth-order valence-electron chi connectivity index (χ4n) is 4.67. The van der Waals surface area contributed by atoms with Gasteiger partial charge in [-0.3, -0.25) is 9.69 Å². The van der Waals surface area contributed by atoms with E-state index in [1.165, 1.54) is 11.0 Å². The van der Waals surface area contributed by atoms with Gasteiger partial charge in [0.25, 0.3) is 5.91 Å². The number of aromatic nitrogens is 3.